The molecule has 0 atom stereocenters. The Morgan fingerprint density at radius 2 is 1.14 bits per heavy atom. The van der Waals surface area contributed by atoms with Crippen LogP contribution in [0.15, 0.2) is 121 Å². The quantitative estimate of drug-likeness (QED) is 0.0209. The summed E-state index contributed by atoms with van der Waals surface area (Å²) in [5.74, 6) is -1.12. The summed E-state index contributed by atoms with van der Waals surface area (Å²) in [6.45, 7) is 5.38. The Bertz CT molecular complexity index is 2570. The number of aryl methyl sites for hydroxylation is 1. The number of rotatable bonds is 20. The van der Waals surface area contributed by atoms with Gasteiger partial charge in [0.05, 0.1) is 83.9 Å². The van der Waals surface area contributed by atoms with Crippen LogP contribution in [0.5, 0.6) is 0 Å². The van der Waals surface area contributed by atoms with Crippen molar-refractivity contribution in [1.29, 1.82) is 0 Å². The fourth-order valence-electron chi connectivity index (χ4n) is 6.57. The van der Waals surface area contributed by atoms with Crippen molar-refractivity contribution in [3.8, 4) is 0 Å². The van der Waals surface area contributed by atoms with Crippen molar-refractivity contribution in [1.82, 2.24) is 20.5 Å². The second-order valence-electron chi connectivity index (χ2n) is 15.8. The molecule has 19 nitrogen and oxygen atoms in total. The molecule has 0 aliphatic rings. The summed E-state index contributed by atoms with van der Waals surface area (Å²) in [4.78, 5) is 66.0. The number of para-hydroxylation sites is 2. The van der Waals surface area contributed by atoms with Gasteiger partial charge >= 0.3 is 11.4 Å². The highest BCUT2D eigenvalue weighted by atomic mass is 127. The van der Waals surface area contributed by atoms with Crippen molar-refractivity contribution < 1.29 is 75.7 Å². The standard InChI is InChI=1S/C22H29N7O2.C22H24N6O4.2HI/c1-24-22(31)19-7-4-5-8-20(19)25-13-6-15-29(2,3)16-14-26-21(30)17-9-11-18(12-10-17)27-28-23;1-28(2,15-12-24-20(29)16-8-10-17(11-9-16)25-26-23)14-5-13-27-19-7-4-3-6-18(19)21(30)32-22(27)31;;/h4-5,7-12H,6,13-16H2,1-3H3,(H2-,24,25,26,30,31);3-4,6-11H,5,12-15H2,1-2H3;2*1H. The lowest BCUT2D eigenvalue weighted by atomic mass is 10.1. The van der Waals surface area contributed by atoms with Crippen LogP contribution in [0.2, 0.25) is 0 Å². The second-order valence-corrected chi connectivity index (χ2v) is 15.8. The van der Waals surface area contributed by atoms with Gasteiger partial charge in [-0.2, -0.15) is 0 Å². The molecular weight excluding hydrogens is 1060 g/mol. The minimum Gasteiger partial charge on any atom is -1.00 e. The van der Waals surface area contributed by atoms with Crippen molar-refractivity contribution in [3.05, 3.63) is 156 Å². The Labute approximate surface area is 411 Å². The molecule has 0 aliphatic carbocycles. The van der Waals surface area contributed by atoms with Gasteiger partial charge in [0.15, 0.2) is 0 Å². The fourth-order valence-corrected chi connectivity index (χ4v) is 6.57. The van der Waals surface area contributed by atoms with Crippen molar-refractivity contribution in [2.45, 2.75) is 19.4 Å². The Balaban J connectivity index is 0.000000434. The number of azide groups is 2. The van der Waals surface area contributed by atoms with Crippen LogP contribution in [0.1, 0.15) is 43.9 Å². The minimum absolute atomic E-state index is 0. The lowest BCUT2D eigenvalue weighted by Gasteiger charge is -2.30. The van der Waals surface area contributed by atoms with E-state index in [4.69, 9.17) is 15.5 Å². The van der Waals surface area contributed by atoms with Crippen LogP contribution >= 0.6 is 0 Å². The molecule has 346 valence electrons. The minimum atomic E-state index is -0.655. The van der Waals surface area contributed by atoms with Crippen molar-refractivity contribution in [2.24, 2.45) is 10.2 Å². The number of hydrogen-bond acceptors (Lipinski definition) is 9. The zero-order valence-electron chi connectivity index (χ0n) is 37.0. The molecule has 0 radical (unpaired) electrons. The lowest BCUT2D eigenvalue weighted by Crippen LogP contribution is -3.00. The number of hydrogen-bond donors (Lipinski definition) is 4. The van der Waals surface area contributed by atoms with Crippen LogP contribution in [-0.4, -0.2) is 112 Å². The number of carbonyl (C=O) groups excluding carboxylic acids is 3. The number of anilines is 1. The number of nitrogens with one attached hydrogen (secondary N) is 4. The Kier molecular flexibility index (Phi) is 23.2. The Morgan fingerprint density at radius 3 is 1.66 bits per heavy atom. The highest BCUT2D eigenvalue weighted by Gasteiger charge is 2.18. The van der Waals surface area contributed by atoms with E-state index >= 15 is 0 Å². The van der Waals surface area contributed by atoms with Gasteiger partial charge in [0, 0.05) is 71.0 Å². The highest BCUT2D eigenvalue weighted by Crippen LogP contribution is 2.16. The van der Waals surface area contributed by atoms with E-state index in [2.05, 4.69) is 55.4 Å². The maximum atomic E-state index is 12.3. The van der Waals surface area contributed by atoms with E-state index in [0.717, 1.165) is 42.8 Å². The van der Waals surface area contributed by atoms with Gasteiger partial charge in [-0.1, -0.05) is 58.8 Å². The average molecular weight is 1120 g/mol. The third kappa shape index (κ3) is 17.8. The van der Waals surface area contributed by atoms with Gasteiger partial charge in [0.2, 0.25) is 0 Å². The second kappa shape index (κ2) is 27.4. The summed E-state index contributed by atoms with van der Waals surface area (Å²) in [7, 11) is 9.97. The highest BCUT2D eigenvalue weighted by molar-refractivity contribution is 5.99. The molecule has 0 bridgehead atoms. The molecular formula is C44H55I2N13O6. The summed E-state index contributed by atoms with van der Waals surface area (Å²) in [6, 6.07) is 27.3. The van der Waals surface area contributed by atoms with Crippen LogP contribution in [0, 0.1) is 0 Å². The molecule has 0 spiro atoms. The zero-order chi connectivity index (χ0) is 45.8. The molecule has 4 N–H and O–H groups in total. The molecule has 5 rings (SSSR count). The van der Waals surface area contributed by atoms with Gasteiger partial charge in [-0.05, 0) is 59.6 Å². The molecule has 4 aromatic carbocycles. The third-order valence-corrected chi connectivity index (χ3v) is 10.2. The monoisotopic (exact) mass is 1120 g/mol. The largest absolute Gasteiger partial charge is 1.00 e. The summed E-state index contributed by atoms with van der Waals surface area (Å²) >= 11 is 0. The molecule has 0 unspecified atom stereocenters. The Hall–Kier alpha value is -5.97. The topological polar surface area (TPSA) is 249 Å². The zero-order valence-corrected chi connectivity index (χ0v) is 41.4. The summed E-state index contributed by atoms with van der Waals surface area (Å²) in [5.41, 5.74) is 20.2. The molecule has 65 heavy (non-hydrogen) atoms. The van der Waals surface area contributed by atoms with E-state index < -0.39 is 11.4 Å². The predicted molar refractivity (Wildman–Crippen MR) is 243 cm³/mol. The lowest BCUT2D eigenvalue weighted by molar-refractivity contribution is -0.889. The molecule has 3 amide bonds. The number of halogens is 2. The third-order valence-electron chi connectivity index (χ3n) is 10.2. The summed E-state index contributed by atoms with van der Waals surface area (Å²) in [5, 5.41) is 19.2. The summed E-state index contributed by atoms with van der Waals surface area (Å²) < 4.78 is 7.72. The van der Waals surface area contributed by atoms with Crippen molar-refractivity contribution >= 4 is 45.7 Å². The number of quaternary nitrogens is 2. The molecule has 0 fully saturated rings. The fraction of sp³-hybridized carbons (Fsp3) is 0.341. The van der Waals surface area contributed by atoms with Gasteiger partial charge < -0.3 is 82.6 Å². The maximum absolute atomic E-state index is 12.3. The molecule has 0 saturated carbocycles. The average Bonchev–Trinajstić information content (AvgIpc) is 3.27. The van der Waals surface area contributed by atoms with Crippen molar-refractivity contribution in [2.75, 3.05) is 86.4 Å². The normalized spacial score (nSPS) is 10.6. The Morgan fingerprint density at radius 1 is 0.646 bits per heavy atom. The number of likely N-dealkylation sites (N-methyl/N-ethyl adjacent to an activating group) is 2. The van der Waals surface area contributed by atoms with Crippen LogP contribution in [0.25, 0.3) is 31.8 Å². The van der Waals surface area contributed by atoms with E-state index in [1.807, 2.05) is 32.3 Å². The molecule has 0 aliphatic heterocycles. The maximum Gasteiger partial charge on any atom is 0.422 e. The van der Waals surface area contributed by atoms with E-state index in [-0.39, 0.29) is 65.7 Å². The van der Waals surface area contributed by atoms with Crippen LogP contribution in [-0.2, 0) is 6.54 Å². The molecule has 5 aromatic rings. The van der Waals surface area contributed by atoms with Gasteiger partial charge in [0.1, 0.15) is 0 Å². The number of carbonyl (C=O) groups is 3. The van der Waals surface area contributed by atoms with Crippen molar-refractivity contribution in [3.63, 3.8) is 0 Å². The van der Waals surface area contributed by atoms with E-state index in [1.54, 1.807) is 85.9 Å². The van der Waals surface area contributed by atoms with Gasteiger partial charge in [-0.3, -0.25) is 19.0 Å². The van der Waals surface area contributed by atoms with Gasteiger partial charge in [0.25, 0.3) is 17.7 Å². The number of benzene rings is 4. The van der Waals surface area contributed by atoms with E-state index in [1.165, 1.54) is 4.57 Å². The van der Waals surface area contributed by atoms with Crippen LogP contribution < -0.4 is 80.6 Å². The van der Waals surface area contributed by atoms with Crippen LogP contribution in [0.4, 0.5) is 17.1 Å². The molecule has 0 saturated heterocycles. The summed E-state index contributed by atoms with van der Waals surface area (Å²) in [6.07, 6.45) is 1.61. The smallest absolute Gasteiger partial charge is 0.422 e. The number of nitrogens with zero attached hydrogens (tertiary/aromatic N) is 9. The number of fused-ring (bicyclic) bond motifs is 1. The first-order chi connectivity index (χ1) is 30.2. The first-order valence-corrected chi connectivity index (χ1v) is 20.4. The van der Waals surface area contributed by atoms with Gasteiger partial charge in [-0.25, -0.2) is 9.59 Å². The first-order valence-electron chi connectivity index (χ1n) is 20.4. The number of amides is 3. The first kappa shape index (κ1) is 55.2. The molecule has 21 heteroatoms. The van der Waals surface area contributed by atoms with Crippen LogP contribution in [0.3, 0.4) is 0 Å². The van der Waals surface area contributed by atoms with E-state index in [9.17, 15) is 24.0 Å². The molecule has 1 aromatic heterocycles. The molecule has 1 heterocycles. The predicted octanol–water partition coefficient (Wildman–Crippen LogP) is 0.0974. The SMILES string of the molecule is CNC(=O)c1ccccc1NCCC[N+](C)(C)CCNC(=O)c1ccc(N=[N+]=[N-])cc1.C[N+](C)(CCCn1c(=O)oc(=O)c2ccccc21)CCNC(=O)c1ccc(N=[N+]=[N-])cc1.[I-].[I-]. The number of aromatic nitrogens is 1. The van der Waals surface area contributed by atoms with Gasteiger partial charge in [-0.15, -0.1) is 0 Å². The van der Waals surface area contributed by atoms with E-state index in [0.29, 0.717) is 76.1 Å².